The van der Waals surface area contributed by atoms with Gasteiger partial charge in [0.1, 0.15) is 0 Å². The lowest BCUT2D eigenvalue weighted by Gasteiger charge is -2.16. The van der Waals surface area contributed by atoms with E-state index in [-0.39, 0.29) is 17.8 Å². The first-order valence-electron chi connectivity index (χ1n) is 4.69. The fraction of sp³-hybridized carbons (Fsp3) is 0.500. The van der Waals surface area contributed by atoms with Crippen molar-refractivity contribution < 1.29 is 4.79 Å². The molecule has 1 atom stereocenters. The molecule has 1 rings (SSSR count). The molecule has 1 amide bonds. The van der Waals surface area contributed by atoms with Crippen molar-refractivity contribution in [2.75, 3.05) is 0 Å². The normalized spacial score (nSPS) is 12.6. The third kappa shape index (κ3) is 2.80. The van der Waals surface area contributed by atoms with E-state index in [1.165, 1.54) is 0 Å². The molecule has 0 fully saturated rings. The molecule has 1 heterocycles. The van der Waals surface area contributed by atoms with Gasteiger partial charge < -0.3 is 5.32 Å². The van der Waals surface area contributed by atoms with Crippen molar-refractivity contribution in [3.8, 4) is 0 Å². The van der Waals surface area contributed by atoms with Gasteiger partial charge in [0.2, 0.25) is 5.82 Å². The zero-order valence-electron chi connectivity index (χ0n) is 8.69. The molecule has 1 N–H and O–H groups in total. The third-order valence-electron chi connectivity index (χ3n) is 2.13. The van der Waals surface area contributed by atoms with Crippen LogP contribution in [0.25, 0.3) is 0 Å². The maximum atomic E-state index is 11.5. The highest BCUT2D eigenvalue weighted by Gasteiger charge is 2.13. The molecule has 4 nitrogen and oxygen atoms in total. The first-order valence-corrected chi connectivity index (χ1v) is 4.69. The molecule has 0 aliphatic rings. The minimum atomic E-state index is -0.216. The summed E-state index contributed by atoms with van der Waals surface area (Å²) in [4.78, 5) is 19.3. The average molecular weight is 193 g/mol. The highest BCUT2D eigenvalue weighted by molar-refractivity contribution is 5.90. The number of hydrogen-bond acceptors (Lipinski definition) is 3. The Hall–Kier alpha value is -1.45. The van der Waals surface area contributed by atoms with Gasteiger partial charge in [-0.15, -0.1) is 0 Å². The summed E-state index contributed by atoms with van der Waals surface area (Å²) in [5.74, 6) is 0.412. The van der Waals surface area contributed by atoms with Crippen molar-refractivity contribution in [1.29, 1.82) is 0 Å². The fourth-order valence-corrected chi connectivity index (χ4v) is 0.854. The molecule has 0 aliphatic carbocycles. The van der Waals surface area contributed by atoms with Gasteiger partial charge in [-0.05, 0) is 18.9 Å². The Morgan fingerprint density at radius 2 is 1.86 bits per heavy atom. The first-order chi connectivity index (χ1) is 6.61. The maximum absolute atomic E-state index is 11.5. The summed E-state index contributed by atoms with van der Waals surface area (Å²) in [5.41, 5.74) is 0. The van der Waals surface area contributed by atoms with Crippen LogP contribution >= 0.6 is 0 Å². The second kappa shape index (κ2) is 4.69. The standard InChI is InChI=1S/C10H15N3O/c1-7(2)8(3)13-10(14)9-11-5-4-6-12-9/h4-8H,1-3H3,(H,13,14)/t8-/m1/s1. The third-order valence-corrected chi connectivity index (χ3v) is 2.13. The number of aromatic nitrogens is 2. The Morgan fingerprint density at radius 3 is 2.36 bits per heavy atom. The van der Waals surface area contributed by atoms with Crippen LogP contribution in [0.15, 0.2) is 18.5 Å². The van der Waals surface area contributed by atoms with E-state index in [9.17, 15) is 4.79 Å². The van der Waals surface area contributed by atoms with E-state index in [2.05, 4.69) is 29.1 Å². The summed E-state index contributed by atoms with van der Waals surface area (Å²) >= 11 is 0. The number of carbonyl (C=O) groups excluding carboxylic acids is 1. The van der Waals surface area contributed by atoms with Gasteiger partial charge in [0.25, 0.3) is 5.91 Å². The van der Waals surface area contributed by atoms with Crippen LogP contribution in [0.3, 0.4) is 0 Å². The second-order valence-corrected chi connectivity index (χ2v) is 3.58. The van der Waals surface area contributed by atoms with Crippen molar-refractivity contribution in [3.63, 3.8) is 0 Å². The number of carbonyl (C=O) groups is 1. The summed E-state index contributed by atoms with van der Waals surface area (Å²) < 4.78 is 0. The van der Waals surface area contributed by atoms with Crippen LogP contribution in [0.4, 0.5) is 0 Å². The monoisotopic (exact) mass is 193 g/mol. The summed E-state index contributed by atoms with van der Waals surface area (Å²) in [5, 5.41) is 2.83. The Morgan fingerprint density at radius 1 is 1.29 bits per heavy atom. The fourth-order valence-electron chi connectivity index (χ4n) is 0.854. The summed E-state index contributed by atoms with van der Waals surface area (Å²) in [6, 6.07) is 1.81. The SMILES string of the molecule is CC(C)[C@@H](C)NC(=O)c1ncccn1. The van der Waals surface area contributed by atoms with E-state index in [1.54, 1.807) is 18.5 Å². The summed E-state index contributed by atoms with van der Waals surface area (Å²) in [6.45, 7) is 6.07. The van der Waals surface area contributed by atoms with Gasteiger partial charge in [-0.3, -0.25) is 4.79 Å². The van der Waals surface area contributed by atoms with Crippen molar-refractivity contribution in [3.05, 3.63) is 24.3 Å². The van der Waals surface area contributed by atoms with Crippen LogP contribution in [0, 0.1) is 5.92 Å². The van der Waals surface area contributed by atoms with E-state index in [0.29, 0.717) is 5.92 Å². The molecular weight excluding hydrogens is 178 g/mol. The first kappa shape index (κ1) is 10.6. The lowest BCUT2D eigenvalue weighted by molar-refractivity contribution is 0.0920. The van der Waals surface area contributed by atoms with Crippen LogP contribution in [0.2, 0.25) is 0 Å². The summed E-state index contributed by atoms with van der Waals surface area (Å²) in [7, 11) is 0. The smallest absolute Gasteiger partial charge is 0.289 e. The molecule has 1 aromatic heterocycles. The highest BCUT2D eigenvalue weighted by Crippen LogP contribution is 2.00. The molecule has 0 saturated heterocycles. The number of nitrogens with zero attached hydrogens (tertiary/aromatic N) is 2. The lowest BCUT2D eigenvalue weighted by Crippen LogP contribution is -2.36. The zero-order valence-corrected chi connectivity index (χ0v) is 8.69. The zero-order chi connectivity index (χ0) is 10.6. The maximum Gasteiger partial charge on any atom is 0.289 e. The van der Waals surface area contributed by atoms with E-state index in [4.69, 9.17) is 0 Å². The van der Waals surface area contributed by atoms with Crippen molar-refractivity contribution in [2.24, 2.45) is 5.92 Å². The van der Waals surface area contributed by atoms with Crippen LogP contribution in [0.1, 0.15) is 31.4 Å². The van der Waals surface area contributed by atoms with Gasteiger partial charge >= 0.3 is 0 Å². The van der Waals surface area contributed by atoms with Gasteiger partial charge in [0.15, 0.2) is 0 Å². The topological polar surface area (TPSA) is 54.9 Å². The predicted molar refractivity (Wildman–Crippen MR) is 53.8 cm³/mol. The van der Waals surface area contributed by atoms with E-state index < -0.39 is 0 Å². The molecule has 0 radical (unpaired) electrons. The molecule has 76 valence electrons. The van der Waals surface area contributed by atoms with Gasteiger partial charge in [-0.1, -0.05) is 13.8 Å². The Balaban J connectivity index is 2.60. The second-order valence-electron chi connectivity index (χ2n) is 3.58. The summed E-state index contributed by atoms with van der Waals surface area (Å²) in [6.07, 6.45) is 3.11. The molecule has 14 heavy (non-hydrogen) atoms. The van der Waals surface area contributed by atoms with Crippen LogP contribution < -0.4 is 5.32 Å². The minimum absolute atomic E-state index is 0.131. The van der Waals surface area contributed by atoms with Gasteiger partial charge in [-0.2, -0.15) is 0 Å². The molecule has 0 unspecified atom stereocenters. The molecule has 1 aromatic rings. The minimum Gasteiger partial charge on any atom is -0.347 e. The number of rotatable bonds is 3. The van der Waals surface area contributed by atoms with Gasteiger partial charge in [-0.25, -0.2) is 9.97 Å². The van der Waals surface area contributed by atoms with Gasteiger partial charge in [0.05, 0.1) is 0 Å². The molecular formula is C10H15N3O. The van der Waals surface area contributed by atoms with Crippen LogP contribution in [-0.2, 0) is 0 Å². The quantitative estimate of drug-likeness (QED) is 0.786. The van der Waals surface area contributed by atoms with Crippen molar-refractivity contribution in [2.45, 2.75) is 26.8 Å². The van der Waals surface area contributed by atoms with E-state index in [0.717, 1.165) is 0 Å². The molecule has 0 aromatic carbocycles. The number of amides is 1. The molecule has 4 heteroatoms. The Labute approximate surface area is 83.8 Å². The highest BCUT2D eigenvalue weighted by atomic mass is 16.2. The number of nitrogens with one attached hydrogen (secondary N) is 1. The van der Waals surface area contributed by atoms with E-state index in [1.807, 2.05) is 6.92 Å². The molecule has 0 saturated carbocycles. The van der Waals surface area contributed by atoms with Gasteiger partial charge in [0, 0.05) is 18.4 Å². The van der Waals surface area contributed by atoms with Crippen LogP contribution in [-0.4, -0.2) is 21.9 Å². The Kier molecular flexibility index (Phi) is 3.56. The van der Waals surface area contributed by atoms with Crippen molar-refractivity contribution >= 4 is 5.91 Å². The van der Waals surface area contributed by atoms with Crippen LogP contribution in [0.5, 0.6) is 0 Å². The molecule has 0 bridgehead atoms. The average Bonchev–Trinajstić information content (AvgIpc) is 2.19. The number of hydrogen-bond donors (Lipinski definition) is 1. The molecule has 0 aliphatic heterocycles. The molecule has 0 spiro atoms. The Bertz CT molecular complexity index is 297. The predicted octanol–water partition coefficient (Wildman–Crippen LogP) is 1.25. The van der Waals surface area contributed by atoms with E-state index >= 15 is 0 Å². The lowest BCUT2D eigenvalue weighted by atomic mass is 10.1. The largest absolute Gasteiger partial charge is 0.347 e. The van der Waals surface area contributed by atoms with Crippen molar-refractivity contribution in [1.82, 2.24) is 15.3 Å².